The summed E-state index contributed by atoms with van der Waals surface area (Å²) in [6.07, 6.45) is 1.86. The number of esters is 1. The van der Waals surface area contributed by atoms with Gasteiger partial charge in [0.2, 0.25) is 0 Å². The number of hydrogen-bond donors (Lipinski definition) is 1. The molecule has 22 heavy (non-hydrogen) atoms. The Bertz CT molecular complexity index is 494. The summed E-state index contributed by atoms with van der Waals surface area (Å²) in [5.41, 5.74) is 0.130. The molecule has 1 aromatic carbocycles. The number of carbonyl (C=O) groups excluding carboxylic acids is 2. The molecule has 0 atom stereocenters. The molecule has 0 fully saturated rings. The van der Waals surface area contributed by atoms with E-state index in [0.29, 0.717) is 13.2 Å². The van der Waals surface area contributed by atoms with Gasteiger partial charge in [0.1, 0.15) is 5.82 Å². The molecule has 0 saturated heterocycles. The predicted octanol–water partition coefficient (Wildman–Crippen LogP) is 3.41. The lowest BCUT2D eigenvalue weighted by atomic mass is 10.3. The maximum atomic E-state index is 13.6. The zero-order valence-corrected chi connectivity index (χ0v) is 13.1. The molecule has 0 saturated carbocycles. The van der Waals surface area contributed by atoms with E-state index in [0.717, 1.165) is 12.8 Å². The van der Waals surface area contributed by atoms with E-state index in [-0.39, 0.29) is 24.6 Å². The van der Waals surface area contributed by atoms with Gasteiger partial charge in [0.15, 0.2) is 0 Å². The summed E-state index contributed by atoms with van der Waals surface area (Å²) in [6, 6.07) is 5.57. The second-order valence-corrected chi connectivity index (χ2v) is 4.81. The van der Waals surface area contributed by atoms with Crippen LogP contribution < -0.4 is 5.32 Å². The quantitative estimate of drug-likeness (QED) is 0.749. The number of halogens is 1. The SMILES string of the molecule is CCCCN(CCC(=O)OCC)C(=O)Nc1ccccc1F. The van der Waals surface area contributed by atoms with Crippen molar-refractivity contribution in [1.82, 2.24) is 4.90 Å². The van der Waals surface area contributed by atoms with Crippen LogP contribution in [0.1, 0.15) is 33.1 Å². The molecule has 0 radical (unpaired) electrons. The minimum absolute atomic E-state index is 0.127. The van der Waals surface area contributed by atoms with Crippen LogP contribution >= 0.6 is 0 Å². The summed E-state index contributed by atoms with van der Waals surface area (Å²) in [4.78, 5) is 25.2. The first-order valence-electron chi connectivity index (χ1n) is 7.54. The highest BCUT2D eigenvalue weighted by Crippen LogP contribution is 2.13. The number of hydrogen-bond acceptors (Lipinski definition) is 3. The number of ether oxygens (including phenoxy) is 1. The monoisotopic (exact) mass is 310 g/mol. The lowest BCUT2D eigenvalue weighted by Crippen LogP contribution is -2.37. The van der Waals surface area contributed by atoms with E-state index < -0.39 is 11.8 Å². The summed E-state index contributed by atoms with van der Waals surface area (Å²) in [5, 5.41) is 2.53. The number of urea groups is 1. The Balaban J connectivity index is 2.63. The second kappa shape index (κ2) is 9.76. The largest absolute Gasteiger partial charge is 0.466 e. The maximum absolute atomic E-state index is 13.6. The molecule has 6 heteroatoms. The van der Waals surface area contributed by atoms with E-state index in [4.69, 9.17) is 4.74 Å². The van der Waals surface area contributed by atoms with Crippen LogP contribution in [0.3, 0.4) is 0 Å². The Hall–Kier alpha value is -2.11. The van der Waals surface area contributed by atoms with E-state index in [9.17, 15) is 14.0 Å². The summed E-state index contributed by atoms with van der Waals surface area (Å²) in [6.45, 7) is 4.82. The fourth-order valence-electron chi connectivity index (χ4n) is 1.88. The molecule has 0 unspecified atom stereocenters. The van der Waals surface area contributed by atoms with E-state index in [2.05, 4.69) is 5.32 Å². The van der Waals surface area contributed by atoms with E-state index >= 15 is 0 Å². The van der Waals surface area contributed by atoms with Crippen LogP contribution in [0.4, 0.5) is 14.9 Å². The van der Waals surface area contributed by atoms with Crippen molar-refractivity contribution in [1.29, 1.82) is 0 Å². The number of amides is 2. The number of carbonyl (C=O) groups is 2. The highest BCUT2D eigenvalue weighted by molar-refractivity contribution is 5.89. The first kappa shape index (κ1) is 17.9. The van der Waals surface area contributed by atoms with Gasteiger partial charge in [-0.2, -0.15) is 0 Å². The molecule has 0 aliphatic carbocycles. The molecule has 0 aliphatic rings. The smallest absolute Gasteiger partial charge is 0.321 e. The number of nitrogens with zero attached hydrogens (tertiary/aromatic N) is 1. The molecule has 1 aromatic rings. The van der Waals surface area contributed by atoms with E-state index in [1.54, 1.807) is 19.1 Å². The number of rotatable bonds is 8. The van der Waals surface area contributed by atoms with Gasteiger partial charge in [0.25, 0.3) is 0 Å². The zero-order chi connectivity index (χ0) is 16.4. The zero-order valence-electron chi connectivity index (χ0n) is 13.1. The van der Waals surface area contributed by atoms with Gasteiger partial charge in [-0.25, -0.2) is 9.18 Å². The van der Waals surface area contributed by atoms with Crippen LogP contribution in [0.2, 0.25) is 0 Å². The molecule has 2 amide bonds. The van der Waals surface area contributed by atoms with Crippen molar-refractivity contribution in [3.05, 3.63) is 30.1 Å². The molecule has 1 rings (SSSR count). The molecule has 0 spiro atoms. The summed E-state index contributed by atoms with van der Waals surface area (Å²) in [5.74, 6) is -0.834. The van der Waals surface area contributed by atoms with Gasteiger partial charge in [-0.3, -0.25) is 4.79 Å². The van der Waals surface area contributed by atoms with Crippen LogP contribution in [0.15, 0.2) is 24.3 Å². The van der Waals surface area contributed by atoms with Gasteiger partial charge in [0.05, 0.1) is 18.7 Å². The van der Waals surface area contributed by atoms with Crippen LogP contribution in [0.5, 0.6) is 0 Å². The van der Waals surface area contributed by atoms with E-state index in [1.165, 1.54) is 17.0 Å². The van der Waals surface area contributed by atoms with Gasteiger partial charge in [-0.1, -0.05) is 25.5 Å². The normalized spacial score (nSPS) is 10.1. The fourth-order valence-corrected chi connectivity index (χ4v) is 1.88. The van der Waals surface area contributed by atoms with Crippen molar-refractivity contribution in [2.24, 2.45) is 0 Å². The Kier molecular flexibility index (Phi) is 7.96. The minimum atomic E-state index is -0.489. The molecule has 0 heterocycles. The van der Waals surface area contributed by atoms with Gasteiger partial charge >= 0.3 is 12.0 Å². The topological polar surface area (TPSA) is 58.6 Å². The Morgan fingerprint density at radius 2 is 1.95 bits per heavy atom. The van der Waals surface area contributed by atoms with Crippen LogP contribution in [-0.4, -0.2) is 36.6 Å². The average Bonchev–Trinajstić information content (AvgIpc) is 2.50. The molecule has 0 bridgehead atoms. The van der Waals surface area contributed by atoms with Crippen molar-refractivity contribution < 1.29 is 18.7 Å². The molecular weight excluding hydrogens is 287 g/mol. The van der Waals surface area contributed by atoms with Gasteiger partial charge in [-0.15, -0.1) is 0 Å². The van der Waals surface area contributed by atoms with Gasteiger partial charge < -0.3 is 15.0 Å². The summed E-state index contributed by atoms with van der Waals surface area (Å²) < 4.78 is 18.4. The van der Waals surface area contributed by atoms with Crippen LogP contribution in [-0.2, 0) is 9.53 Å². The Morgan fingerprint density at radius 1 is 1.23 bits per heavy atom. The van der Waals surface area contributed by atoms with Crippen molar-refractivity contribution in [2.45, 2.75) is 33.1 Å². The summed E-state index contributed by atoms with van der Waals surface area (Å²) >= 11 is 0. The van der Waals surface area contributed by atoms with E-state index in [1.807, 2.05) is 6.92 Å². The molecule has 122 valence electrons. The molecular formula is C16H23FN2O3. The van der Waals surface area contributed by atoms with Crippen LogP contribution in [0.25, 0.3) is 0 Å². The first-order valence-corrected chi connectivity index (χ1v) is 7.54. The van der Waals surface area contributed by atoms with Gasteiger partial charge in [-0.05, 0) is 25.5 Å². The Labute approximate surface area is 130 Å². The van der Waals surface area contributed by atoms with Crippen molar-refractivity contribution >= 4 is 17.7 Å². The lowest BCUT2D eigenvalue weighted by molar-refractivity contribution is -0.143. The highest BCUT2D eigenvalue weighted by atomic mass is 19.1. The average molecular weight is 310 g/mol. The minimum Gasteiger partial charge on any atom is -0.466 e. The first-order chi connectivity index (χ1) is 10.6. The standard InChI is InChI=1S/C16H23FN2O3/c1-3-5-11-19(12-10-15(20)22-4-2)16(21)18-14-9-7-6-8-13(14)17/h6-9H,3-5,10-12H2,1-2H3,(H,18,21). The number of nitrogens with one attached hydrogen (secondary N) is 1. The molecule has 0 aromatic heterocycles. The predicted molar refractivity (Wildman–Crippen MR) is 83.1 cm³/mol. The Morgan fingerprint density at radius 3 is 2.59 bits per heavy atom. The third-order valence-corrected chi connectivity index (χ3v) is 3.08. The summed E-state index contributed by atoms with van der Waals surface area (Å²) in [7, 11) is 0. The maximum Gasteiger partial charge on any atom is 0.321 e. The van der Waals surface area contributed by atoms with Crippen LogP contribution in [0, 0.1) is 5.82 Å². The third kappa shape index (κ3) is 6.11. The number of para-hydroxylation sites is 1. The van der Waals surface area contributed by atoms with Crippen molar-refractivity contribution in [2.75, 3.05) is 25.0 Å². The lowest BCUT2D eigenvalue weighted by Gasteiger charge is -2.22. The third-order valence-electron chi connectivity index (χ3n) is 3.08. The van der Waals surface area contributed by atoms with Crippen molar-refractivity contribution in [3.63, 3.8) is 0 Å². The fraction of sp³-hybridized carbons (Fsp3) is 0.500. The highest BCUT2D eigenvalue weighted by Gasteiger charge is 2.16. The number of anilines is 1. The number of unbranched alkanes of at least 4 members (excludes halogenated alkanes) is 1. The second-order valence-electron chi connectivity index (χ2n) is 4.81. The van der Waals surface area contributed by atoms with Crippen molar-refractivity contribution in [3.8, 4) is 0 Å². The molecule has 5 nitrogen and oxygen atoms in total. The molecule has 0 aliphatic heterocycles. The molecule has 1 N–H and O–H groups in total. The number of benzene rings is 1. The van der Waals surface area contributed by atoms with Gasteiger partial charge in [0, 0.05) is 13.1 Å².